The highest BCUT2D eigenvalue weighted by Crippen LogP contribution is 2.30. The van der Waals surface area contributed by atoms with Crippen molar-refractivity contribution in [3.05, 3.63) is 52.5 Å². The van der Waals surface area contributed by atoms with Gasteiger partial charge in [-0.1, -0.05) is 0 Å². The van der Waals surface area contributed by atoms with Crippen molar-refractivity contribution in [2.24, 2.45) is 5.73 Å². The minimum absolute atomic E-state index is 0.125. The molecule has 1 heterocycles. The molecule has 2 rings (SSSR count). The predicted molar refractivity (Wildman–Crippen MR) is 71.0 cm³/mol. The summed E-state index contributed by atoms with van der Waals surface area (Å²) in [4.78, 5) is 4.17. The SMILES string of the molecule is C[C@H](N)c1ccc(Oc2cc(F)ccc2Br)cn1. The summed E-state index contributed by atoms with van der Waals surface area (Å²) >= 11 is 3.29. The first-order valence-corrected chi connectivity index (χ1v) is 6.20. The zero-order chi connectivity index (χ0) is 13.1. The average molecular weight is 311 g/mol. The monoisotopic (exact) mass is 310 g/mol. The first kappa shape index (κ1) is 13.0. The van der Waals surface area contributed by atoms with Gasteiger partial charge in [0.1, 0.15) is 17.3 Å². The van der Waals surface area contributed by atoms with Crippen LogP contribution >= 0.6 is 15.9 Å². The van der Waals surface area contributed by atoms with E-state index in [0.29, 0.717) is 16.0 Å². The van der Waals surface area contributed by atoms with Crippen molar-refractivity contribution in [3.63, 3.8) is 0 Å². The number of aromatic nitrogens is 1. The highest BCUT2D eigenvalue weighted by Gasteiger charge is 2.06. The molecule has 18 heavy (non-hydrogen) atoms. The van der Waals surface area contributed by atoms with Crippen LogP contribution in [0.3, 0.4) is 0 Å². The molecule has 0 unspecified atom stereocenters. The van der Waals surface area contributed by atoms with Gasteiger partial charge in [0, 0.05) is 12.1 Å². The summed E-state index contributed by atoms with van der Waals surface area (Å²) in [6, 6.07) is 7.67. The predicted octanol–water partition coefficient (Wildman–Crippen LogP) is 3.80. The van der Waals surface area contributed by atoms with Crippen LogP contribution in [-0.2, 0) is 0 Å². The third-order valence-electron chi connectivity index (χ3n) is 2.35. The van der Waals surface area contributed by atoms with Gasteiger partial charge in [0.25, 0.3) is 0 Å². The Balaban J connectivity index is 2.21. The fourth-order valence-corrected chi connectivity index (χ4v) is 1.73. The second-order valence-electron chi connectivity index (χ2n) is 3.88. The molecule has 0 aliphatic heterocycles. The van der Waals surface area contributed by atoms with Crippen molar-refractivity contribution in [1.29, 1.82) is 0 Å². The van der Waals surface area contributed by atoms with Gasteiger partial charge in [0.2, 0.25) is 0 Å². The van der Waals surface area contributed by atoms with Crippen LogP contribution in [0.15, 0.2) is 41.0 Å². The van der Waals surface area contributed by atoms with Gasteiger partial charge in [-0.15, -0.1) is 0 Å². The van der Waals surface area contributed by atoms with E-state index in [9.17, 15) is 4.39 Å². The Kier molecular flexibility index (Phi) is 3.93. The quantitative estimate of drug-likeness (QED) is 0.938. The van der Waals surface area contributed by atoms with Crippen LogP contribution in [0.1, 0.15) is 18.7 Å². The molecule has 0 aliphatic carbocycles. The zero-order valence-corrected chi connectivity index (χ0v) is 11.3. The van der Waals surface area contributed by atoms with Gasteiger partial charge in [0.15, 0.2) is 0 Å². The largest absolute Gasteiger partial charge is 0.454 e. The Labute approximate surface area is 113 Å². The lowest BCUT2D eigenvalue weighted by Gasteiger charge is -2.09. The highest BCUT2D eigenvalue weighted by atomic mass is 79.9. The summed E-state index contributed by atoms with van der Waals surface area (Å²) < 4.78 is 19.3. The summed E-state index contributed by atoms with van der Waals surface area (Å²) in [6.45, 7) is 1.85. The van der Waals surface area contributed by atoms with Gasteiger partial charge in [-0.2, -0.15) is 0 Å². The second-order valence-corrected chi connectivity index (χ2v) is 4.74. The molecule has 0 spiro atoms. The van der Waals surface area contributed by atoms with Crippen LogP contribution in [0.5, 0.6) is 11.5 Å². The number of pyridine rings is 1. The lowest BCUT2D eigenvalue weighted by Crippen LogP contribution is -2.06. The first-order chi connectivity index (χ1) is 8.56. The summed E-state index contributed by atoms with van der Waals surface area (Å²) in [5, 5.41) is 0. The molecule has 0 amide bonds. The first-order valence-electron chi connectivity index (χ1n) is 5.40. The molecule has 0 fully saturated rings. The molecule has 3 nitrogen and oxygen atoms in total. The average Bonchev–Trinajstić information content (AvgIpc) is 2.34. The Morgan fingerprint density at radius 3 is 2.72 bits per heavy atom. The number of nitrogens with two attached hydrogens (primary N) is 1. The molecular formula is C13H12BrFN2O. The fourth-order valence-electron chi connectivity index (χ4n) is 1.40. The Bertz CT molecular complexity index is 543. The van der Waals surface area contributed by atoms with Crippen molar-refractivity contribution < 1.29 is 9.13 Å². The zero-order valence-electron chi connectivity index (χ0n) is 9.73. The van der Waals surface area contributed by atoms with Crippen molar-refractivity contribution in [2.45, 2.75) is 13.0 Å². The molecule has 1 aromatic heterocycles. The Morgan fingerprint density at radius 2 is 2.11 bits per heavy atom. The van der Waals surface area contributed by atoms with E-state index in [1.54, 1.807) is 24.4 Å². The number of hydrogen-bond donors (Lipinski definition) is 1. The molecule has 0 bridgehead atoms. The van der Waals surface area contributed by atoms with Gasteiger partial charge in [-0.3, -0.25) is 4.98 Å². The maximum absolute atomic E-state index is 13.1. The summed E-state index contributed by atoms with van der Waals surface area (Å²) in [5.41, 5.74) is 6.48. The number of ether oxygens (including phenoxy) is 1. The third kappa shape index (κ3) is 3.05. The van der Waals surface area contributed by atoms with Crippen molar-refractivity contribution >= 4 is 15.9 Å². The topological polar surface area (TPSA) is 48.1 Å². The van der Waals surface area contributed by atoms with Crippen LogP contribution in [0.4, 0.5) is 4.39 Å². The fraction of sp³-hybridized carbons (Fsp3) is 0.154. The van der Waals surface area contributed by atoms with E-state index in [2.05, 4.69) is 20.9 Å². The van der Waals surface area contributed by atoms with E-state index < -0.39 is 0 Å². The summed E-state index contributed by atoms with van der Waals surface area (Å²) in [5.74, 6) is 0.587. The number of nitrogens with zero attached hydrogens (tertiary/aromatic N) is 1. The van der Waals surface area contributed by atoms with Gasteiger partial charge >= 0.3 is 0 Å². The standard InChI is InChI=1S/C13H12BrFN2O/c1-8(16)12-5-3-10(7-17-12)18-13-6-9(15)2-4-11(13)14/h2-8H,16H2,1H3/t8-/m0/s1. The summed E-state index contributed by atoms with van der Waals surface area (Å²) in [7, 11) is 0. The number of hydrogen-bond acceptors (Lipinski definition) is 3. The van der Waals surface area contributed by atoms with Gasteiger partial charge in [0.05, 0.1) is 16.4 Å². The van der Waals surface area contributed by atoms with Crippen LogP contribution < -0.4 is 10.5 Å². The van der Waals surface area contributed by atoms with Crippen LogP contribution in [0, 0.1) is 5.82 Å². The summed E-state index contributed by atoms with van der Waals surface area (Å²) in [6.07, 6.45) is 1.57. The molecule has 0 saturated carbocycles. The minimum atomic E-state index is -0.353. The third-order valence-corrected chi connectivity index (χ3v) is 3.00. The lowest BCUT2D eigenvalue weighted by atomic mass is 10.2. The maximum atomic E-state index is 13.1. The molecule has 0 radical (unpaired) electrons. The smallest absolute Gasteiger partial charge is 0.145 e. The van der Waals surface area contributed by atoms with Gasteiger partial charge < -0.3 is 10.5 Å². The molecule has 0 saturated heterocycles. The molecule has 5 heteroatoms. The lowest BCUT2D eigenvalue weighted by molar-refractivity contribution is 0.470. The van der Waals surface area contributed by atoms with E-state index in [1.165, 1.54) is 12.1 Å². The Morgan fingerprint density at radius 1 is 1.33 bits per heavy atom. The van der Waals surface area contributed by atoms with Gasteiger partial charge in [-0.05, 0) is 47.1 Å². The molecule has 1 atom stereocenters. The molecule has 94 valence electrons. The highest BCUT2D eigenvalue weighted by molar-refractivity contribution is 9.10. The van der Waals surface area contributed by atoms with E-state index in [0.717, 1.165) is 5.69 Å². The molecule has 2 aromatic rings. The van der Waals surface area contributed by atoms with Crippen LogP contribution in [0.2, 0.25) is 0 Å². The molecule has 1 aromatic carbocycles. The molecular weight excluding hydrogens is 299 g/mol. The molecule has 2 N–H and O–H groups in total. The molecule has 0 aliphatic rings. The van der Waals surface area contributed by atoms with Crippen molar-refractivity contribution in [2.75, 3.05) is 0 Å². The van der Waals surface area contributed by atoms with Crippen molar-refractivity contribution in [1.82, 2.24) is 4.98 Å². The Hall–Kier alpha value is -1.46. The van der Waals surface area contributed by atoms with Crippen LogP contribution in [0.25, 0.3) is 0 Å². The normalized spacial score (nSPS) is 12.2. The van der Waals surface area contributed by atoms with E-state index >= 15 is 0 Å². The minimum Gasteiger partial charge on any atom is -0.454 e. The number of halogens is 2. The number of rotatable bonds is 3. The van der Waals surface area contributed by atoms with E-state index in [4.69, 9.17) is 10.5 Å². The second kappa shape index (κ2) is 5.46. The maximum Gasteiger partial charge on any atom is 0.145 e. The number of benzene rings is 1. The van der Waals surface area contributed by atoms with E-state index in [1.807, 2.05) is 6.92 Å². The van der Waals surface area contributed by atoms with E-state index in [-0.39, 0.29) is 11.9 Å². The van der Waals surface area contributed by atoms with Gasteiger partial charge in [-0.25, -0.2) is 4.39 Å². The van der Waals surface area contributed by atoms with Crippen LogP contribution in [-0.4, -0.2) is 4.98 Å². The van der Waals surface area contributed by atoms with Crippen molar-refractivity contribution in [3.8, 4) is 11.5 Å².